The SMILES string of the molecule is CC(=NCCc1c(C)[nH]c2ccc(OCc3ccccc3)cc12)c1c(O)n(-c2ccccc2)c(=O)[nH]c1=O. The van der Waals surface area contributed by atoms with Crippen LogP contribution in [0.4, 0.5) is 0 Å². The van der Waals surface area contributed by atoms with Gasteiger partial charge in [0.25, 0.3) is 5.56 Å². The van der Waals surface area contributed by atoms with Gasteiger partial charge in [-0.25, -0.2) is 9.36 Å². The van der Waals surface area contributed by atoms with Crippen molar-refractivity contribution in [1.29, 1.82) is 0 Å². The number of hydrogen-bond donors (Lipinski definition) is 3. The van der Waals surface area contributed by atoms with Crippen molar-refractivity contribution < 1.29 is 9.84 Å². The average molecular weight is 509 g/mol. The van der Waals surface area contributed by atoms with E-state index in [0.717, 1.165) is 38.0 Å². The molecule has 0 aliphatic rings. The van der Waals surface area contributed by atoms with Crippen molar-refractivity contribution in [3.05, 3.63) is 122 Å². The molecule has 8 heteroatoms. The molecular formula is C30H28N4O4. The van der Waals surface area contributed by atoms with Gasteiger partial charge in [-0.2, -0.15) is 0 Å². The van der Waals surface area contributed by atoms with Crippen LogP contribution >= 0.6 is 0 Å². The van der Waals surface area contributed by atoms with Crippen molar-refractivity contribution in [2.45, 2.75) is 26.9 Å². The number of rotatable bonds is 8. The summed E-state index contributed by atoms with van der Waals surface area (Å²) in [6.07, 6.45) is 0.613. The molecule has 0 aliphatic carbocycles. The maximum Gasteiger partial charge on any atom is 0.335 e. The smallest absolute Gasteiger partial charge is 0.335 e. The number of nitrogens with zero attached hydrogens (tertiary/aromatic N) is 2. The minimum atomic E-state index is -0.713. The van der Waals surface area contributed by atoms with Gasteiger partial charge >= 0.3 is 5.69 Å². The molecule has 0 amide bonds. The second-order valence-corrected chi connectivity index (χ2v) is 9.06. The van der Waals surface area contributed by atoms with Gasteiger partial charge in [-0.1, -0.05) is 48.5 Å². The summed E-state index contributed by atoms with van der Waals surface area (Å²) >= 11 is 0. The molecule has 0 spiro atoms. The van der Waals surface area contributed by atoms with Crippen LogP contribution in [0.2, 0.25) is 0 Å². The van der Waals surface area contributed by atoms with Crippen molar-refractivity contribution in [2.75, 3.05) is 6.54 Å². The summed E-state index contributed by atoms with van der Waals surface area (Å²) in [5, 5.41) is 11.9. The molecule has 3 N–H and O–H groups in total. The lowest BCUT2D eigenvalue weighted by atomic mass is 10.1. The number of nitrogens with one attached hydrogen (secondary N) is 2. The normalized spacial score (nSPS) is 11.7. The predicted octanol–water partition coefficient (Wildman–Crippen LogP) is 4.65. The Balaban J connectivity index is 1.38. The van der Waals surface area contributed by atoms with Crippen LogP contribution in [-0.2, 0) is 13.0 Å². The first-order valence-corrected chi connectivity index (χ1v) is 12.4. The number of fused-ring (bicyclic) bond motifs is 1. The Morgan fingerprint density at radius 2 is 1.68 bits per heavy atom. The van der Waals surface area contributed by atoms with Gasteiger partial charge in [-0.3, -0.25) is 14.8 Å². The summed E-state index contributed by atoms with van der Waals surface area (Å²) in [6.45, 7) is 4.54. The average Bonchev–Trinajstić information content (AvgIpc) is 3.22. The second-order valence-electron chi connectivity index (χ2n) is 9.06. The Morgan fingerprint density at radius 1 is 0.974 bits per heavy atom. The number of ether oxygens (including phenoxy) is 1. The Morgan fingerprint density at radius 3 is 2.42 bits per heavy atom. The minimum Gasteiger partial charge on any atom is -0.493 e. The van der Waals surface area contributed by atoms with E-state index in [1.165, 1.54) is 0 Å². The molecule has 5 rings (SSSR count). The largest absolute Gasteiger partial charge is 0.493 e. The Kier molecular flexibility index (Phi) is 6.95. The van der Waals surface area contributed by atoms with Gasteiger partial charge in [0.15, 0.2) is 0 Å². The van der Waals surface area contributed by atoms with Crippen LogP contribution in [0.3, 0.4) is 0 Å². The monoisotopic (exact) mass is 508 g/mol. The van der Waals surface area contributed by atoms with Gasteiger partial charge in [-0.15, -0.1) is 0 Å². The molecule has 3 aromatic carbocycles. The summed E-state index contributed by atoms with van der Waals surface area (Å²) in [5.41, 5.74) is 3.62. The van der Waals surface area contributed by atoms with E-state index in [9.17, 15) is 14.7 Å². The molecule has 8 nitrogen and oxygen atoms in total. The molecule has 0 saturated heterocycles. The summed E-state index contributed by atoms with van der Waals surface area (Å²) in [5.74, 6) is 0.343. The van der Waals surface area contributed by atoms with E-state index >= 15 is 0 Å². The lowest BCUT2D eigenvalue weighted by Crippen LogP contribution is -2.32. The fourth-order valence-corrected chi connectivity index (χ4v) is 4.60. The van der Waals surface area contributed by atoms with E-state index in [2.05, 4.69) is 15.0 Å². The fourth-order valence-electron chi connectivity index (χ4n) is 4.60. The van der Waals surface area contributed by atoms with E-state index in [1.54, 1.807) is 37.3 Å². The van der Waals surface area contributed by atoms with Crippen molar-refractivity contribution in [1.82, 2.24) is 14.5 Å². The summed E-state index contributed by atoms with van der Waals surface area (Å²) in [6, 6.07) is 24.6. The van der Waals surface area contributed by atoms with E-state index in [4.69, 9.17) is 4.74 Å². The third-order valence-corrected chi connectivity index (χ3v) is 6.51. The molecule has 38 heavy (non-hydrogen) atoms. The van der Waals surface area contributed by atoms with Crippen molar-refractivity contribution in [2.24, 2.45) is 4.99 Å². The quantitative estimate of drug-likeness (QED) is 0.265. The number of aromatic nitrogens is 3. The number of para-hydroxylation sites is 1. The molecular weight excluding hydrogens is 480 g/mol. The van der Waals surface area contributed by atoms with E-state index in [1.807, 2.05) is 55.5 Å². The summed E-state index contributed by atoms with van der Waals surface area (Å²) in [4.78, 5) is 35.3. The van der Waals surface area contributed by atoms with Gasteiger partial charge in [0.1, 0.15) is 17.9 Å². The van der Waals surface area contributed by atoms with E-state index in [0.29, 0.717) is 31.0 Å². The first-order chi connectivity index (χ1) is 18.4. The topological polar surface area (TPSA) is 112 Å². The molecule has 0 unspecified atom stereocenters. The van der Waals surface area contributed by atoms with Gasteiger partial charge in [-0.05, 0) is 61.7 Å². The molecule has 2 heterocycles. The number of aromatic hydroxyl groups is 1. The zero-order valence-electron chi connectivity index (χ0n) is 21.2. The lowest BCUT2D eigenvalue weighted by Gasteiger charge is -2.11. The molecule has 0 bridgehead atoms. The van der Waals surface area contributed by atoms with Crippen molar-refractivity contribution in [3.63, 3.8) is 0 Å². The highest BCUT2D eigenvalue weighted by molar-refractivity contribution is 6.00. The molecule has 0 aliphatic heterocycles. The number of H-pyrrole nitrogens is 2. The zero-order chi connectivity index (χ0) is 26.6. The number of aryl methyl sites for hydroxylation is 1. The highest BCUT2D eigenvalue weighted by atomic mass is 16.5. The van der Waals surface area contributed by atoms with Crippen LogP contribution in [0.15, 0.2) is 93.4 Å². The standard InChI is InChI=1S/C30H28N4O4/c1-19-24(25-17-23(13-14-26(25)32-19)38-18-21-9-5-3-6-10-21)15-16-31-20(2)27-28(35)33-30(37)34(29(27)36)22-11-7-4-8-12-22/h3-14,17,32,36H,15-16,18H2,1-2H3,(H,33,35,37). The number of benzene rings is 3. The number of hydrogen-bond acceptors (Lipinski definition) is 5. The Bertz CT molecular complexity index is 1730. The van der Waals surface area contributed by atoms with Crippen molar-refractivity contribution in [3.8, 4) is 17.3 Å². The summed E-state index contributed by atoms with van der Waals surface area (Å²) in [7, 11) is 0. The third-order valence-electron chi connectivity index (χ3n) is 6.51. The molecule has 2 aromatic heterocycles. The van der Waals surface area contributed by atoms with Crippen LogP contribution in [0.5, 0.6) is 11.6 Å². The van der Waals surface area contributed by atoms with Crippen LogP contribution < -0.4 is 16.0 Å². The number of aliphatic imine (C=N–C) groups is 1. The van der Waals surface area contributed by atoms with Crippen molar-refractivity contribution >= 4 is 16.6 Å². The van der Waals surface area contributed by atoms with Gasteiger partial charge in [0, 0.05) is 28.9 Å². The Hall–Kier alpha value is -4.85. The minimum absolute atomic E-state index is 0.0271. The van der Waals surface area contributed by atoms with Gasteiger partial charge in [0.05, 0.1) is 5.69 Å². The van der Waals surface area contributed by atoms with Crippen LogP contribution in [-0.4, -0.2) is 31.9 Å². The second kappa shape index (κ2) is 10.6. The molecule has 0 saturated carbocycles. The van der Waals surface area contributed by atoms with Crippen LogP contribution in [0.1, 0.15) is 29.3 Å². The first-order valence-electron chi connectivity index (χ1n) is 12.4. The Labute approximate surface area is 218 Å². The van der Waals surface area contributed by atoms with E-state index < -0.39 is 17.1 Å². The maximum absolute atomic E-state index is 12.6. The molecule has 192 valence electrons. The highest BCUT2D eigenvalue weighted by Crippen LogP contribution is 2.27. The summed E-state index contributed by atoms with van der Waals surface area (Å²) < 4.78 is 7.08. The number of aromatic amines is 2. The highest BCUT2D eigenvalue weighted by Gasteiger charge is 2.18. The van der Waals surface area contributed by atoms with Gasteiger partial charge in [0.2, 0.25) is 5.88 Å². The predicted molar refractivity (Wildman–Crippen MR) is 149 cm³/mol. The van der Waals surface area contributed by atoms with Crippen LogP contribution in [0, 0.1) is 6.92 Å². The molecule has 0 fully saturated rings. The van der Waals surface area contributed by atoms with E-state index in [-0.39, 0.29) is 5.56 Å². The first kappa shape index (κ1) is 24.8. The molecule has 5 aromatic rings. The molecule has 0 atom stereocenters. The van der Waals surface area contributed by atoms with Gasteiger partial charge < -0.3 is 14.8 Å². The lowest BCUT2D eigenvalue weighted by molar-refractivity contribution is 0.306. The van der Waals surface area contributed by atoms with Crippen LogP contribution in [0.25, 0.3) is 16.6 Å². The third kappa shape index (κ3) is 5.01. The molecule has 0 radical (unpaired) electrons. The fraction of sp³-hybridized carbons (Fsp3) is 0.167. The zero-order valence-corrected chi connectivity index (χ0v) is 21.2. The maximum atomic E-state index is 12.6.